The van der Waals surface area contributed by atoms with Crippen molar-refractivity contribution in [3.05, 3.63) is 29.5 Å². The molecular weight excluding hydrogens is 346 g/mol. The monoisotopic (exact) mass is 371 g/mol. The third-order valence-corrected chi connectivity index (χ3v) is 5.25. The van der Waals surface area contributed by atoms with Gasteiger partial charge in [0, 0.05) is 37.6 Å². The highest BCUT2D eigenvalue weighted by Gasteiger charge is 2.28. The maximum Gasteiger partial charge on any atom is 0.258 e. The van der Waals surface area contributed by atoms with Crippen LogP contribution in [0.15, 0.2) is 22.6 Å². The molecule has 7 nitrogen and oxygen atoms in total. The Balaban J connectivity index is 1.42. The zero-order valence-electron chi connectivity index (χ0n) is 15.8. The number of hydrogen-bond donors (Lipinski definition) is 1. The van der Waals surface area contributed by atoms with Crippen molar-refractivity contribution >= 4 is 22.8 Å². The summed E-state index contributed by atoms with van der Waals surface area (Å²) in [6.45, 7) is 4.82. The van der Waals surface area contributed by atoms with Crippen molar-refractivity contribution in [1.82, 2.24) is 15.1 Å². The summed E-state index contributed by atoms with van der Waals surface area (Å²) in [6.07, 6.45) is 2.19. The van der Waals surface area contributed by atoms with Gasteiger partial charge in [0.2, 0.25) is 5.91 Å². The summed E-state index contributed by atoms with van der Waals surface area (Å²) in [5, 5.41) is 3.79. The van der Waals surface area contributed by atoms with E-state index in [2.05, 4.69) is 10.2 Å². The molecule has 1 N–H and O–H groups in total. The zero-order valence-corrected chi connectivity index (χ0v) is 15.8. The van der Waals surface area contributed by atoms with E-state index in [9.17, 15) is 9.59 Å². The summed E-state index contributed by atoms with van der Waals surface area (Å²) in [7, 11) is 1.61. The minimum atomic E-state index is -0.0263. The topological polar surface area (TPSA) is 75.0 Å². The molecular formula is C20H25N3O4. The second-order valence-electron chi connectivity index (χ2n) is 7.31. The van der Waals surface area contributed by atoms with Gasteiger partial charge in [0.15, 0.2) is 0 Å². The van der Waals surface area contributed by atoms with Crippen molar-refractivity contribution in [1.29, 1.82) is 0 Å². The number of hydrogen-bond acceptors (Lipinski definition) is 5. The van der Waals surface area contributed by atoms with Gasteiger partial charge in [-0.25, -0.2) is 0 Å². The maximum absolute atomic E-state index is 13.1. The van der Waals surface area contributed by atoms with Crippen molar-refractivity contribution in [3.8, 4) is 5.75 Å². The predicted molar refractivity (Wildman–Crippen MR) is 101 cm³/mol. The van der Waals surface area contributed by atoms with E-state index in [1.807, 2.05) is 30.0 Å². The predicted octanol–water partition coefficient (Wildman–Crippen LogP) is 1.79. The van der Waals surface area contributed by atoms with E-state index < -0.39 is 0 Å². The average molecular weight is 371 g/mol. The van der Waals surface area contributed by atoms with Gasteiger partial charge in [-0.05, 0) is 38.0 Å². The Morgan fingerprint density at radius 1 is 1.22 bits per heavy atom. The Morgan fingerprint density at radius 2 is 1.96 bits per heavy atom. The molecule has 1 saturated carbocycles. The Hall–Kier alpha value is -2.54. The molecule has 1 aliphatic heterocycles. The van der Waals surface area contributed by atoms with Crippen LogP contribution in [0.4, 0.5) is 0 Å². The second-order valence-corrected chi connectivity index (χ2v) is 7.31. The first-order valence-corrected chi connectivity index (χ1v) is 9.43. The number of nitrogens with zero attached hydrogens (tertiary/aromatic N) is 2. The molecule has 1 aromatic carbocycles. The number of amides is 2. The molecule has 2 amide bonds. The lowest BCUT2D eigenvalue weighted by Crippen LogP contribution is -2.51. The molecule has 0 atom stereocenters. The Kier molecular flexibility index (Phi) is 4.78. The lowest BCUT2D eigenvalue weighted by molar-refractivity contribution is -0.122. The molecule has 7 heteroatoms. The SMILES string of the molecule is COc1ccc2oc(C)c(C(=O)N3CCN(CC(=O)NC4CC4)CC3)c2c1. The first-order chi connectivity index (χ1) is 13.0. The minimum absolute atomic E-state index is 0.0263. The molecule has 0 bridgehead atoms. The normalized spacial score (nSPS) is 17.9. The number of methoxy groups -OCH3 is 1. The third-order valence-electron chi connectivity index (χ3n) is 5.25. The van der Waals surface area contributed by atoms with Gasteiger partial charge in [-0.15, -0.1) is 0 Å². The molecule has 27 heavy (non-hydrogen) atoms. The Labute approximate surface area is 158 Å². The highest BCUT2D eigenvalue weighted by Crippen LogP contribution is 2.30. The number of ether oxygens (including phenoxy) is 1. The number of furan rings is 1. The number of nitrogens with one attached hydrogen (secondary N) is 1. The molecule has 0 radical (unpaired) electrons. The van der Waals surface area contributed by atoms with Gasteiger partial charge in [-0.2, -0.15) is 0 Å². The minimum Gasteiger partial charge on any atom is -0.497 e. The average Bonchev–Trinajstić information content (AvgIpc) is 3.41. The largest absolute Gasteiger partial charge is 0.497 e. The molecule has 4 rings (SSSR count). The van der Waals surface area contributed by atoms with E-state index in [4.69, 9.17) is 9.15 Å². The van der Waals surface area contributed by atoms with Crippen LogP contribution in [0, 0.1) is 6.92 Å². The molecule has 0 spiro atoms. The van der Waals surface area contributed by atoms with Gasteiger partial charge >= 0.3 is 0 Å². The number of benzene rings is 1. The van der Waals surface area contributed by atoms with Gasteiger partial charge < -0.3 is 19.4 Å². The summed E-state index contributed by atoms with van der Waals surface area (Å²) in [5.41, 5.74) is 1.29. The van der Waals surface area contributed by atoms with Gasteiger partial charge in [-0.1, -0.05) is 0 Å². The fourth-order valence-electron chi connectivity index (χ4n) is 3.56. The van der Waals surface area contributed by atoms with Crippen LogP contribution in [0.2, 0.25) is 0 Å². The van der Waals surface area contributed by atoms with E-state index in [0.717, 1.165) is 18.2 Å². The van der Waals surface area contributed by atoms with Crippen molar-refractivity contribution in [2.75, 3.05) is 39.8 Å². The first kappa shape index (κ1) is 17.9. The quantitative estimate of drug-likeness (QED) is 0.867. The smallest absolute Gasteiger partial charge is 0.258 e. The molecule has 2 fully saturated rings. The van der Waals surface area contributed by atoms with Crippen molar-refractivity contribution in [2.24, 2.45) is 0 Å². The van der Waals surface area contributed by atoms with Crippen LogP contribution in [0.3, 0.4) is 0 Å². The molecule has 1 saturated heterocycles. The molecule has 2 aliphatic rings. The summed E-state index contributed by atoms with van der Waals surface area (Å²) in [5.74, 6) is 1.38. The lowest BCUT2D eigenvalue weighted by atomic mass is 10.1. The number of piperazine rings is 1. The van der Waals surface area contributed by atoms with Crippen molar-refractivity contribution < 1.29 is 18.7 Å². The summed E-state index contributed by atoms with van der Waals surface area (Å²) in [6, 6.07) is 5.88. The zero-order chi connectivity index (χ0) is 19.0. The summed E-state index contributed by atoms with van der Waals surface area (Å²) >= 11 is 0. The summed E-state index contributed by atoms with van der Waals surface area (Å²) in [4.78, 5) is 29.0. The second kappa shape index (κ2) is 7.23. The van der Waals surface area contributed by atoms with Gasteiger partial charge in [0.1, 0.15) is 17.1 Å². The van der Waals surface area contributed by atoms with Crippen LogP contribution < -0.4 is 10.1 Å². The Bertz CT molecular complexity index is 863. The van der Waals surface area contributed by atoms with Gasteiger partial charge in [0.05, 0.1) is 19.2 Å². The van der Waals surface area contributed by atoms with Crippen LogP contribution in [-0.2, 0) is 4.79 Å². The standard InChI is InChI=1S/C20H25N3O4/c1-13-19(16-11-15(26-2)5-6-17(16)27-13)20(25)23-9-7-22(8-10-23)12-18(24)21-14-3-4-14/h5-6,11,14H,3-4,7-10,12H2,1-2H3,(H,21,24). The summed E-state index contributed by atoms with van der Waals surface area (Å²) < 4.78 is 11.0. The van der Waals surface area contributed by atoms with E-state index in [0.29, 0.717) is 61.4 Å². The van der Waals surface area contributed by atoms with E-state index in [1.165, 1.54) is 0 Å². The van der Waals surface area contributed by atoms with Gasteiger partial charge in [-0.3, -0.25) is 14.5 Å². The van der Waals surface area contributed by atoms with Crippen LogP contribution in [-0.4, -0.2) is 67.5 Å². The van der Waals surface area contributed by atoms with Crippen LogP contribution in [0.25, 0.3) is 11.0 Å². The van der Waals surface area contributed by atoms with Crippen LogP contribution in [0.5, 0.6) is 5.75 Å². The van der Waals surface area contributed by atoms with Crippen LogP contribution in [0.1, 0.15) is 29.0 Å². The molecule has 1 aromatic heterocycles. The first-order valence-electron chi connectivity index (χ1n) is 9.43. The highest BCUT2D eigenvalue weighted by molar-refractivity contribution is 6.07. The van der Waals surface area contributed by atoms with E-state index in [-0.39, 0.29) is 11.8 Å². The Morgan fingerprint density at radius 3 is 2.63 bits per heavy atom. The number of fused-ring (bicyclic) bond motifs is 1. The third kappa shape index (κ3) is 3.78. The van der Waals surface area contributed by atoms with Crippen LogP contribution >= 0.6 is 0 Å². The van der Waals surface area contributed by atoms with Gasteiger partial charge in [0.25, 0.3) is 5.91 Å². The molecule has 2 heterocycles. The fourth-order valence-corrected chi connectivity index (χ4v) is 3.56. The van der Waals surface area contributed by atoms with E-state index in [1.54, 1.807) is 7.11 Å². The maximum atomic E-state index is 13.1. The molecule has 1 aliphatic carbocycles. The highest BCUT2D eigenvalue weighted by atomic mass is 16.5. The number of aryl methyl sites for hydroxylation is 1. The fraction of sp³-hybridized carbons (Fsp3) is 0.500. The lowest BCUT2D eigenvalue weighted by Gasteiger charge is -2.34. The number of carbonyl (C=O) groups excluding carboxylic acids is 2. The van der Waals surface area contributed by atoms with Crippen molar-refractivity contribution in [3.63, 3.8) is 0 Å². The number of rotatable bonds is 5. The molecule has 144 valence electrons. The molecule has 0 unspecified atom stereocenters. The molecule has 2 aromatic rings. The van der Waals surface area contributed by atoms with Crippen molar-refractivity contribution in [2.45, 2.75) is 25.8 Å². The van der Waals surface area contributed by atoms with E-state index >= 15 is 0 Å². The number of carbonyl (C=O) groups is 2.